The molecule has 0 saturated heterocycles. The van der Waals surface area contributed by atoms with Crippen LogP contribution >= 0.6 is 11.6 Å². The van der Waals surface area contributed by atoms with Crippen molar-refractivity contribution in [3.63, 3.8) is 0 Å². The van der Waals surface area contributed by atoms with E-state index >= 15 is 0 Å². The highest BCUT2D eigenvalue weighted by Gasteiger charge is 2.19. The van der Waals surface area contributed by atoms with Gasteiger partial charge in [0.2, 0.25) is 0 Å². The molecule has 0 aliphatic heterocycles. The highest BCUT2D eigenvalue weighted by atomic mass is 35.5. The molecule has 5 nitrogen and oxygen atoms in total. The Bertz CT molecular complexity index is 1120. The first-order chi connectivity index (χ1) is 12.7. The van der Waals surface area contributed by atoms with Crippen molar-refractivity contribution in [2.45, 2.75) is 11.8 Å². The number of hydrogen-bond acceptors (Lipinski definition) is 3. The Hall–Kier alpha value is -2.57. The molecule has 0 atom stereocenters. The normalized spacial score (nSPS) is 11.4. The van der Waals surface area contributed by atoms with Gasteiger partial charge in [-0.2, -0.15) is 0 Å². The molecule has 1 N–H and O–H groups in total. The summed E-state index contributed by atoms with van der Waals surface area (Å²) in [4.78, 5) is 12.9. The second-order valence-corrected chi connectivity index (χ2v) is 8.78. The van der Waals surface area contributed by atoms with Crippen LogP contribution in [0, 0.1) is 6.92 Å². The van der Waals surface area contributed by atoms with E-state index in [9.17, 15) is 13.2 Å². The van der Waals surface area contributed by atoms with Gasteiger partial charge in [-0.15, -0.1) is 0 Å². The lowest BCUT2D eigenvalue weighted by Gasteiger charge is -2.08. The first-order valence-corrected chi connectivity index (χ1v) is 10.5. The average Bonchev–Trinajstić information content (AvgIpc) is 2.90. The summed E-state index contributed by atoms with van der Waals surface area (Å²) in [6.45, 7) is 1.88. The largest absolute Gasteiger partial charge is 0.349 e. The van der Waals surface area contributed by atoms with Gasteiger partial charge in [0.15, 0.2) is 9.84 Å². The highest BCUT2D eigenvalue weighted by molar-refractivity contribution is 7.90. The molecular formula is C20H19ClN2O3S. The SMILES string of the molecule is Cc1c(C(=O)Nc2ccc(S(C)(=O)=O)cc2)cn(C)c1-c1ccccc1Cl. The Morgan fingerprint density at radius 3 is 2.30 bits per heavy atom. The van der Waals surface area contributed by atoms with Crippen molar-refractivity contribution in [2.75, 3.05) is 11.6 Å². The second kappa shape index (κ2) is 7.21. The standard InChI is InChI=1S/C20H19ClN2O3S/c1-13-17(12-23(2)19(13)16-6-4-5-7-18(16)21)20(24)22-14-8-10-15(11-9-14)27(3,25)26/h4-12H,1-3H3,(H,22,24). The van der Waals surface area contributed by atoms with Gasteiger partial charge in [-0.1, -0.05) is 29.8 Å². The molecule has 0 aliphatic rings. The maximum Gasteiger partial charge on any atom is 0.257 e. The summed E-state index contributed by atoms with van der Waals surface area (Å²) >= 11 is 6.31. The monoisotopic (exact) mass is 402 g/mol. The number of sulfone groups is 1. The number of carbonyl (C=O) groups excluding carboxylic acids is 1. The Balaban J connectivity index is 1.90. The number of nitrogens with one attached hydrogen (secondary N) is 1. The molecule has 27 heavy (non-hydrogen) atoms. The maximum absolute atomic E-state index is 12.7. The van der Waals surface area contributed by atoms with Gasteiger partial charge in [0, 0.05) is 35.8 Å². The van der Waals surface area contributed by atoms with Crippen LogP contribution in [0.3, 0.4) is 0 Å². The van der Waals surface area contributed by atoms with E-state index in [0.717, 1.165) is 23.1 Å². The minimum absolute atomic E-state index is 0.206. The van der Waals surface area contributed by atoms with Crippen molar-refractivity contribution in [3.05, 3.63) is 70.9 Å². The number of anilines is 1. The second-order valence-electron chi connectivity index (χ2n) is 6.36. The van der Waals surface area contributed by atoms with Crippen LogP contribution in [0.2, 0.25) is 5.02 Å². The zero-order valence-electron chi connectivity index (χ0n) is 15.2. The first kappa shape index (κ1) is 19.2. The average molecular weight is 403 g/mol. The maximum atomic E-state index is 12.7. The molecular weight excluding hydrogens is 384 g/mol. The topological polar surface area (TPSA) is 68.2 Å². The van der Waals surface area contributed by atoms with E-state index in [0.29, 0.717) is 16.3 Å². The molecule has 1 heterocycles. The lowest BCUT2D eigenvalue weighted by molar-refractivity contribution is 0.102. The van der Waals surface area contributed by atoms with Gasteiger partial charge >= 0.3 is 0 Å². The van der Waals surface area contributed by atoms with Crippen molar-refractivity contribution in [1.82, 2.24) is 4.57 Å². The fourth-order valence-electron chi connectivity index (χ4n) is 3.01. The van der Waals surface area contributed by atoms with Crippen molar-refractivity contribution >= 4 is 33.0 Å². The predicted molar refractivity (Wildman–Crippen MR) is 108 cm³/mol. The lowest BCUT2D eigenvalue weighted by Crippen LogP contribution is -2.12. The molecule has 0 aliphatic carbocycles. The zero-order chi connectivity index (χ0) is 19.8. The summed E-state index contributed by atoms with van der Waals surface area (Å²) in [5.74, 6) is -0.270. The number of benzene rings is 2. The van der Waals surface area contributed by atoms with Crippen molar-refractivity contribution in [3.8, 4) is 11.3 Å². The first-order valence-electron chi connectivity index (χ1n) is 8.21. The number of rotatable bonds is 4. The number of amides is 1. The van der Waals surface area contributed by atoms with E-state index in [4.69, 9.17) is 11.6 Å². The summed E-state index contributed by atoms with van der Waals surface area (Å²) in [6, 6.07) is 13.6. The van der Waals surface area contributed by atoms with Gasteiger partial charge in [-0.25, -0.2) is 8.42 Å². The fourth-order valence-corrected chi connectivity index (χ4v) is 3.86. The molecule has 0 unspecified atom stereocenters. The third kappa shape index (κ3) is 3.91. The molecule has 3 aromatic rings. The Labute approximate surface area is 163 Å². The van der Waals surface area contributed by atoms with Crippen LogP contribution < -0.4 is 5.32 Å². The molecule has 0 spiro atoms. The lowest BCUT2D eigenvalue weighted by atomic mass is 10.1. The number of aryl methyl sites for hydroxylation is 1. The molecule has 0 fully saturated rings. The van der Waals surface area contributed by atoms with E-state index < -0.39 is 9.84 Å². The summed E-state index contributed by atoms with van der Waals surface area (Å²) in [5.41, 5.74) is 3.60. The quantitative estimate of drug-likeness (QED) is 0.707. The van der Waals surface area contributed by atoms with Gasteiger partial charge in [-0.05, 0) is 42.8 Å². The summed E-state index contributed by atoms with van der Waals surface area (Å²) in [7, 11) is -1.41. The molecule has 140 valence electrons. The fraction of sp³-hybridized carbons (Fsp3) is 0.150. The van der Waals surface area contributed by atoms with Crippen LogP contribution in [0.15, 0.2) is 59.6 Å². The van der Waals surface area contributed by atoms with E-state index in [1.54, 1.807) is 18.3 Å². The molecule has 1 aromatic heterocycles. The van der Waals surface area contributed by atoms with Crippen molar-refractivity contribution in [1.29, 1.82) is 0 Å². The minimum Gasteiger partial charge on any atom is -0.349 e. The van der Waals surface area contributed by atoms with Crippen LogP contribution in [0.4, 0.5) is 5.69 Å². The highest BCUT2D eigenvalue weighted by Crippen LogP contribution is 2.32. The predicted octanol–water partition coefficient (Wildman–Crippen LogP) is 4.31. The van der Waals surface area contributed by atoms with E-state index in [-0.39, 0.29) is 10.8 Å². The molecule has 3 rings (SSSR count). The van der Waals surface area contributed by atoms with Gasteiger partial charge in [-0.3, -0.25) is 4.79 Å². The summed E-state index contributed by atoms with van der Waals surface area (Å²) < 4.78 is 24.9. The number of hydrogen-bond donors (Lipinski definition) is 1. The number of carbonyl (C=O) groups is 1. The minimum atomic E-state index is -3.27. The third-order valence-corrected chi connectivity index (χ3v) is 5.81. The van der Waals surface area contributed by atoms with Crippen LogP contribution in [0.5, 0.6) is 0 Å². The van der Waals surface area contributed by atoms with Crippen molar-refractivity contribution in [2.24, 2.45) is 7.05 Å². The third-order valence-electron chi connectivity index (χ3n) is 4.35. The van der Waals surface area contributed by atoms with E-state index in [2.05, 4.69) is 5.32 Å². The van der Waals surface area contributed by atoms with Crippen LogP contribution in [0.1, 0.15) is 15.9 Å². The smallest absolute Gasteiger partial charge is 0.257 e. The van der Waals surface area contributed by atoms with E-state index in [1.807, 2.05) is 42.8 Å². The summed E-state index contributed by atoms with van der Waals surface area (Å²) in [6.07, 6.45) is 2.90. The molecule has 7 heteroatoms. The van der Waals surface area contributed by atoms with Gasteiger partial charge < -0.3 is 9.88 Å². The number of halogens is 1. The number of nitrogens with zero attached hydrogens (tertiary/aromatic N) is 1. The van der Waals surface area contributed by atoms with Gasteiger partial charge in [0.1, 0.15) is 0 Å². The van der Waals surface area contributed by atoms with Crippen LogP contribution in [-0.2, 0) is 16.9 Å². The van der Waals surface area contributed by atoms with E-state index in [1.165, 1.54) is 12.1 Å². The molecule has 0 radical (unpaired) electrons. The Kier molecular flexibility index (Phi) is 5.13. The van der Waals surface area contributed by atoms with Gasteiger partial charge in [0.05, 0.1) is 16.2 Å². The van der Waals surface area contributed by atoms with Gasteiger partial charge in [0.25, 0.3) is 5.91 Å². The van der Waals surface area contributed by atoms with Crippen LogP contribution in [0.25, 0.3) is 11.3 Å². The number of aromatic nitrogens is 1. The molecule has 2 aromatic carbocycles. The molecule has 0 bridgehead atoms. The Morgan fingerprint density at radius 1 is 1.07 bits per heavy atom. The van der Waals surface area contributed by atoms with Crippen LogP contribution in [-0.4, -0.2) is 25.1 Å². The molecule has 0 saturated carbocycles. The molecule has 1 amide bonds. The van der Waals surface area contributed by atoms with Crippen molar-refractivity contribution < 1.29 is 13.2 Å². The Morgan fingerprint density at radius 2 is 1.70 bits per heavy atom. The zero-order valence-corrected chi connectivity index (χ0v) is 16.7. The summed E-state index contributed by atoms with van der Waals surface area (Å²) in [5, 5.41) is 3.42.